The highest BCUT2D eigenvalue weighted by atomic mass is 16.1. The molecule has 0 saturated heterocycles. The molecule has 0 aliphatic heterocycles. The van der Waals surface area contributed by atoms with Crippen LogP contribution in [0, 0.1) is 0 Å². The number of unbranched alkanes of at least 4 members (excludes halogenated alkanes) is 1. The molecule has 0 aliphatic rings. The second kappa shape index (κ2) is 6.12. The van der Waals surface area contributed by atoms with E-state index in [0.29, 0.717) is 13.0 Å². The van der Waals surface area contributed by atoms with Gasteiger partial charge in [0, 0.05) is 11.8 Å². The number of hydrogen-bond acceptors (Lipinski definition) is 3. The summed E-state index contributed by atoms with van der Waals surface area (Å²) >= 11 is 0. The number of pyridine rings is 1. The van der Waals surface area contributed by atoms with Gasteiger partial charge in [-0.05, 0) is 31.5 Å². The minimum absolute atomic E-state index is 0.0144. The van der Waals surface area contributed by atoms with Gasteiger partial charge in [0.25, 0.3) is 0 Å². The molecule has 0 unspecified atom stereocenters. The molecular formula is C14H17N3O. The number of aromatic nitrogens is 1. The van der Waals surface area contributed by atoms with E-state index in [1.54, 1.807) is 6.20 Å². The monoisotopic (exact) mass is 243 g/mol. The van der Waals surface area contributed by atoms with Crippen LogP contribution in [0.5, 0.6) is 0 Å². The first-order valence-electron chi connectivity index (χ1n) is 6.14. The third kappa shape index (κ3) is 3.28. The van der Waals surface area contributed by atoms with Crippen molar-refractivity contribution in [3.8, 4) is 0 Å². The van der Waals surface area contributed by atoms with Gasteiger partial charge < -0.3 is 11.1 Å². The second-order valence-electron chi connectivity index (χ2n) is 4.21. The number of para-hydroxylation sites is 1. The topological polar surface area (TPSA) is 68.0 Å². The van der Waals surface area contributed by atoms with Crippen molar-refractivity contribution in [2.75, 3.05) is 11.9 Å². The number of benzene rings is 1. The molecule has 0 fully saturated rings. The second-order valence-corrected chi connectivity index (χ2v) is 4.21. The van der Waals surface area contributed by atoms with E-state index < -0.39 is 0 Å². The molecule has 0 radical (unpaired) electrons. The Hall–Kier alpha value is -1.94. The molecule has 1 aromatic heterocycles. The molecule has 3 N–H and O–H groups in total. The van der Waals surface area contributed by atoms with Crippen molar-refractivity contribution in [1.82, 2.24) is 4.98 Å². The Balaban J connectivity index is 2.01. The number of carbonyl (C=O) groups is 1. The summed E-state index contributed by atoms with van der Waals surface area (Å²) in [5.41, 5.74) is 7.06. The van der Waals surface area contributed by atoms with Gasteiger partial charge in [0.05, 0.1) is 17.4 Å². The summed E-state index contributed by atoms with van der Waals surface area (Å²) in [4.78, 5) is 15.9. The van der Waals surface area contributed by atoms with Crippen LogP contribution < -0.4 is 11.1 Å². The maximum atomic E-state index is 11.6. The lowest BCUT2D eigenvalue weighted by molar-refractivity contribution is -0.116. The Morgan fingerprint density at radius 1 is 1.28 bits per heavy atom. The number of nitrogens with zero attached hydrogens (tertiary/aromatic N) is 1. The van der Waals surface area contributed by atoms with Crippen LogP contribution >= 0.6 is 0 Å². The zero-order valence-electron chi connectivity index (χ0n) is 10.2. The van der Waals surface area contributed by atoms with Crippen LogP contribution in [0.3, 0.4) is 0 Å². The van der Waals surface area contributed by atoms with Gasteiger partial charge in [-0.1, -0.05) is 18.2 Å². The highest BCUT2D eigenvalue weighted by Gasteiger charge is 2.03. The average molecular weight is 243 g/mol. The number of nitrogens with one attached hydrogen (secondary N) is 1. The number of rotatable bonds is 5. The van der Waals surface area contributed by atoms with E-state index in [4.69, 9.17) is 5.73 Å². The molecule has 1 heterocycles. The zero-order valence-corrected chi connectivity index (χ0v) is 10.2. The molecule has 0 atom stereocenters. The van der Waals surface area contributed by atoms with Crippen LogP contribution in [-0.4, -0.2) is 17.4 Å². The summed E-state index contributed by atoms with van der Waals surface area (Å²) in [6, 6.07) is 9.76. The lowest BCUT2D eigenvalue weighted by Crippen LogP contribution is -2.12. The highest BCUT2D eigenvalue weighted by Crippen LogP contribution is 2.16. The first kappa shape index (κ1) is 12.5. The van der Waals surface area contributed by atoms with E-state index in [1.165, 1.54) is 0 Å². The fourth-order valence-corrected chi connectivity index (χ4v) is 1.79. The minimum atomic E-state index is 0.0144. The van der Waals surface area contributed by atoms with E-state index in [2.05, 4.69) is 10.3 Å². The van der Waals surface area contributed by atoms with Crippen molar-refractivity contribution in [2.45, 2.75) is 19.3 Å². The fourth-order valence-electron chi connectivity index (χ4n) is 1.79. The molecule has 0 bridgehead atoms. The largest absolute Gasteiger partial charge is 0.330 e. The molecule has 0 saturated carbocycles. The van der Waals surface area contributed by atoms with E-state index >= 15 is 0 Å². The van der Waals surface area contributed by atoms with Crippen LogP contribution in [0.25, 0.3) is 10.9 Å². The molecule has 18 heavy (non-hydrogen) atoms. The van der Waals surface area contributed by atoms with Gasteiger partial charge in [0.2, 0.25) is 5.91 Å². The molecule has 1 aromatic carbocycles. The van der Waals surface area contributed by atoms with Gasteiger partial charge in [-0.15, -0.1) is 0 Å². The lowest BCUT2D eigenvalue weighted by Gasteiger charge is -2.05. The number of carbonyl (C=O) groups excluding carboxylic acids is 1. The lowest BCUT2D eigenvalue weighted by atomic mass is 10.2. The number of nitrogens with two attached hydrogens (primary N) is 1. The predicted molar refractivity (Wildman–Crippen MR) is 73.3 cm³/mol. The van der Waals surface area contributed by atoms with Crippen molar-refractivity contribution in [2.24, 2.45) is 5.73 Å². The number of amides is 1. The average Bonchev–Trinajstić information content (AvgIpc) is 2.39. The van der Waals surface area contributed by atoms with Crippen LogP contribution in [0.1, 0.15) is 19.3 Å². The van der Waals surface area contributed by atoms with Crippen molar-refractivity contribution < 1.29 is 4.79 Å². The summed E-state index contributed by atoms with van der Waals surface area (Å²) in [7, 11) is 0. The standard InChI is InChI=1S/C14H17N3O/c15-8-4-3-7-14(18)17-12-9-11-5-1-2-6-13(11)16-10-12/h1-2,5-6,9-10H,3-4,7-8,15H2,(H,17,18). The van der Waals surface area contributed by atoms with Gasteiger partial charge >= 0.3 is 0 Å². The van der Waals surface area contributed by atoms with Gasteiger partial charge in [-0.25, -0.2) is 0 Å². The molecular weight excluding hydrogens is 226 g/mol. The summed E-state index contributed by atoms with van der Waals surface area (Å²) in [5.74, 6) is 0.0144. The summed E-state index contributed by atoms with van der Waals surface area (Å²) in [5, 5.41) is 3.88. The van der Waals surface area contributed by atoms with Gasteiger partial charge in [-0.3, -0.25) is 9.78 Å². The van der Waals surface area contributed by atoms with Gasteiger partial charge in [0.1, 0.15) is 0 Å². The maximum absolute atomic E-state index is 11.6. The van der Waals surface area contributed by atoms with Crippen molar-refractivity contribution >= 4 is 22.5 Å². The Morgan fingerprint density at radius 2 is 2.11 bits per heavy atom. The third-order valence-electron chi connectivity index (χ3n) is 2.73. The van der Waals surface area contributed by atoms with Crippen molar-refractivity contribution in [1.29, 1.82) is 0 Å². The Morgan fingerprint density at radius 3 is 2.94 bits per heavy atom. The molecule has 4 heteroatoms. The van der Waals surface area contributed by atoms with E-state index in [1.807, 2.05) is 30.3 Å². The number of anilines is 1. The van der Waals surface area contributed by atoms with Crippen LogP contribution in [-0.2, 0) is 4.79 Å². The summed E-state index contributed by atoms with van der Waals surface area (Å²) < 4.78 is 0. The molecule has 0 aliphatic carbocycles. The minimum Gasteiger partial charge on any atom is -0.330 e. The smallest absolute Gasteiger partial charge is 0.224 e. The summed E-state index contributed by atoms with van der Waals surface area (Å²) in [6.07, 6.45) is 3.89. The molecule has 2 rings (SSSR count). The van der Waals surface area contributed by atoms with E-state index in [0.717, 1.165) is 29.4 Å². The molecule has 4 nitrogen and oxygen atoms in total. The van der Waals surface area contributed by atoms with Crippen molar-refractivity contribution in [3.63, 3.8) is 0 Å². The van der Waals surface area contributed by atoms with Gasteiger partial charge in [0.15, 0.2) is 0 Å². The predicted octanol–water partition coefficient (Wildman–Crippen LogP) is 2.30. The maximum Gasteiger partial charge on any atom is 0.224 e. The van der Waals surface area contributed by atoms with Crippen molar-refractivity contribution in [3.05, 3.63) is 36.5 Å². The molecule has 0 spiro atoms. The zero-order chi connectivity index (χ0) is 12.8. The van der Waals surface area contributed by atoms with Crippen LogP contribution in [0.15, 0.2) is 36.5 Å². The third-order valence-corrected chi connectivity index (χ3v) is 2.73. The Kier molecular flexibility index (Phi) is 4.25. The summed E-state index contributed by atoms with van der Waals surface area (Å²) in [6.45, 7) is 0.630. The Bertz CT molecular complexity index is 539. The SMILES string of the molecule is NCCCCC(=O)Nc1cnc2ccccc2c1. The number of fused-ring (bicyclic) bond motifs is 1. The fraction of sp³-hybridized carbons (Fsp3) is 0.286. The first-order chi connectivity index (χ1) is 8.79. The first-order valence-corrected chi connectivity index (χ1v) is 6.14. The number of hydrogen-bond donors (Lipinski definition) is 2. The highest BCUT2D eigenvalue weighted by molar-refractivity contribution is 5.93. The molecule has 1 amide bonds. The Labute approximate surface area is 106 Å². The quantitative estimate of drug-likeness (QED) is 0.792. The molecule has 94 valence electrons. The van der Waals surface area contributed by atoms with Crippen LogP contribution in [0.4, 0.5) is 5.69 Å². The van der Waals surface area contributed by atoms with Crippen LogP contribution in [0.2, 0.25) is 0 Å². The van der Waals surface area contributed by atoms with E-state index in [9.17, 15) is 4.79 Å². The van der Waals surface area contributed by atoms with E-state index in [-0.39, 0.29) is 5.91 Å². The normalized spacial score (nSPS) is 10.5. The molecule has 2 aromatic rings. The van der Waals surface area contributed by atoms with Gasteiger partial charge in [-0.2, -0.15) is 0 Å².